The fourth-order valence-corrected chi connectivity index (χ4v) is 3.22. The lowest BCUT2D eigenvalue weighted by atomic mass is 10.1. The summed E-state index contributed by atoms with van der Waals surface area (Å²) in [6.45, 7) is 2.30. The topological polar surface area (TPSA) is 110 Å². The molecule has 0 unspecified atom stereocenters. The largest absolute Gasteiger partial charge is 0.383 e. The van der Waals surface area contributed by atoms with Gasteiger partial charge in [0.15, 0.2) is 5.69 Å². The van der Waals surface area contributed by atoms with E-state index < -0.39 is 11.2 Å². The second-order valence-electron chi connectivity index (χ2n) is 6.83. The second kappa shape index (κ2) is 9.23. The minimum Gasteiger partial charge on any atom is -0.383 e. The number of hydrogen-bond acceptors (Lipinski definition) is 5. The molecule has 0 radical (unpaired) electrons. The normalized spacial score (nSPS) is 10.7. The van der Waals surface area contributed by atoms with E-state index >= 15 is 0 Å². The molecule has 3 N–H and O–H groups in total. The summed E-state index contributed by atoms with van der Waals surface area (Å²) in [5, 5.41) is 0. The number of H-pyrrole nitrogens is 1. The highest BCUT2D eigenvalue weighted by atomic mass is 16.5. The number of methoxy groups -OCH3 is 1. The van der Waals surface area contributed by atoms with E-state index in [-0.39, 0.29) is 37.1 Å². The van der Waals surface area contributed by atoms with Crippen LogP contribution in [-0.2, 0) is 17.8 Å². The number of ether oxygens (including phenoxy) is 1. The van der Waals surface area contributed by atoms with E-state index in [1.54, 1.807) is 12.1 Å². The van der Waals surface area contributed by atoms with Crippen LogP contribution in [0.4, 0.5) is 11.5 Å². The maximum absolute atomic E-state index is 13.5. The lowest BCUT2D eigenvalue weighted by molar-refractivity contribution is 0.0984. The molecule has 8 nitrogen and oxygen atoms in total. The number of aromatic amines is 1. The van der Waals surface area contributed by atoms with E-state index in [0.29, 0.717) is 5.56 Å². The monoisotopic (exact) mass is 408 g/mol. The van der Waals surface area contributed by atoms with E-state index in [1.165, 1.54) is 16.6 Å². The molecule has 1 amide bonds. The van der Waals surface area contributed by atoms with Gasteiger partial charge < -0.3 is 10.5 Å². The van der Waals surface area contributed by atoms with E-state index in [4.69, 9.17) is 10.5 Å². The van der Waals surface area contributed by atoms with E-state index in [2.05, 4.69) is 4.98 Å². The van der Waals surface area contributed by atoms with Gasteiger partial charge >= 0.3 is 5.69 Å². The third-order valence-electron chi connectivity index (χ3n) is 4.81. The van der Waals surface area contributed by atoms with Crippen LogP contribution in [0, 0.1) is 6.92 Å². The van der Waals surface area contributed by atoms with Crippen LogP contribution in [0.5, 0.6) is 0 Å². The van der Waals surface area contributed by atoms with Gasteiger partial charge in [0.25, 0.3) is 11.5 Å². The summed E-state index contributed by atoms with van der Waals surface area (Å²) in [7, 11) is 1.50. The summed E-state index contributed by atoms with van der Waals surface area (Å²) in [6, 6.07) is 16.4. The zero-order valence-electron chi connectivity index (χ0n) is 16.9. The van der Waals surface area contributed by atoms with Crippen LogP contribution < -0.4 is 21.9 Å². The van der Waals surface area contributed by atoms with Crippen molar-refractivity contribution >= 4 is 17.4 Å². The Hall–Kier alpha value is -3.65. The number of carbonyl (C=O) groups is 1. The molecule has 0 saturated carbocycles. The van der Waals surface area contributed by atoms with Gasteiger partial charge in [0.2, 0.25) is 0 Å². The smallest absolute Gasteiger partial charge is 0.330 e. The lowest BCUT2D eigenvalue weighted by Gasteiger charge is -2.25. The molecular formula is C22H24N4O4. The lowest BCUT2D eigenvalue weighted by Crippen LogP contribution is -2.41. The summed E-state index contributed by atoms with van der Waals surface area (Å²) in [5.41, 5.74) is 6.82. The van der Waals surface area contributed by atoms with E-state index in [9.17, 15) is 14.4 Å². The Morgan fingerprint density at radius 2 is 1.77 bits per heavy atom. The van der Waals surface area contributed by atoms with Gasteiger partial charge in [-0.15, -0.1) is 0 Å². The molecule has 156 valence electrons. The Balaban J connectivity index is 2.17. The van der Waals surface area contributed by atoms with Crippen LogP contribution in [0.15, 0.2) is 64.2 Å². The molecule has 3 rings (SSSR count). The standard InChI is InChI=1S/C22H24N4O4/c1-15-8-6-7-11-17(15)21(28)26(14-16-9-4-3-5-10-16)18-19(23)25(12-13-30-2)22(29)24-20(18)27/h3-11H,12-14,23H2,1-2H3,(H,24,27,29). The molecule has 0 aliphatic rings. The number of nitrogens with two attached hydrogens (primary N) is 1. The van der Waals surface area contributed by atoms with Gasteiger partial charge in [-0.1, -0.05) is 48.5 Å². The Morgan fingerprint density at radius 3 is 2.43 bits per heavy atom. The van der Waals surface area contributed by atoms with Crippen molar-refractivity contribution in [2.45, 2.75) is 20.0 Å². The zero-order valence-corrected chi connectivity index (χ0v) is 16.9. The van der Waals surface area contributed by atoms with Crippen molar-refractivity contribution in [3.63, 3.8) is 0 Å². The van der Waals surface area contributed by atoms with Gasteiger partial charge in [0, 0.05) is 12.7 Å². The van der Waals surface area contributed by atoms with Crippen molar-refractivity contribution in [2.75, 3.05) is 24.4 Å². The Labute approximate surface area is 173 Å². The first-order valence-electron chi connectivity index (χ1n) is 9.47. The van der Waals surface area contributed by atoms with E-state index in [0.717, 1.165) is 11.1 Å². The van der Waals surface area contributed by atoms with Crippen LogP contribution in [0.2, 0.25) is 0 Å². The van der Waals surface area contributed by atoms with Gasteiger partial charge in [-0.2, -0.15) is 0 Å². The summed E-state index contributed by atoms with van der Waals surface area (Å²) in [5.74, 6) is -0.468. The van der Waals surface area contributed by atoms with Crippen molar-refractivity contribution in [1.82, 2.24) is 9.55 Å². The second-order valence-corrected chi connectivity index (χ2v) is 6.83. The third-order valence-corrected chi connectivity index (χ3v) is 4.81. The molecule has 1 aromatic heterocycles. The molecule has 0 spiro atoms. The molecule has 0 saturated heterocycles. The number of rotatable bonds is 7. The average Bonchev–Trinajstić information content (AvgIpc) is 2.73. The first-order chi connectivity index (χ1) is 14.4. The minimum absolute atomic E-state index is 0.0668. The van der Waals surface area contributed by atoms with Crippen molar-refractivity contribution in [2.24, 2.45) is 0 Å². The maximum Gasteiger partial charge on any atom is 0.330 e. The SMILES string of the molecule is COCCn1c(N)c(N(Cc2ccccc2)C(=O)c2ccccc2C)c(=O)[nH]c1=O. The number of nitrogen functional groups attached to an aromatic ring is 1. The van der Waals surface area contributed by atoms with Crippen LogP contribution in [0.1, 0.15) is 21.5 Å². The summed E-state index contributed by atoms with van der Waals surface area (Å²) >= 11 is 0. The highest BCUT2D eigenvalue weighted by molar-refractivity contribution is 6.08. The summed E-state index contributed by atoms with van der Waals surface area (Å²) < 4.78 is 6.22. The van der Waals surface area contributed by atoms with Crippen LogP contribution in [-0.4, -0.2) is 29.2 Å². The number of aryl methyl sites for hydroxylation is 1. The number of nitrogens with one attached hydrogen (secondary N) is 1. The Morgan fingerprint density at radius 1 is 1.10 bits per heavy atom. The highest BCUT2D eigenvalue weighted by Crippen LogP contribution is 2.23. The number of hydrogen-bond donors (Lipinski definition) is 2. The van der Waals surface area contributed by atoms with Crippen LogP contribution in [0.3, 0.4) is 0 Å². The number of nitrogens with zero attached hydrogens (tertiary/aromatic N) is 2. The summed E-state index contributed by atoms with van der Waals surface area (Å²) in [6.07, 6.45) is 0. The molecule has 0 aliphatic carbocycles. The fraction of sp³-hybridized carbons (Fsp3) is 0.227. The van der Waals surface area contributed by atoms with Crippen molar-refractivity contribution < 1.29 is 9.53 Å². The van der Waals surface area contributed by atoms with Crippen LogP contribution in [0.25, 0.3) is 0 Å². The first kappa shape index (κ1) is 21.1. The Kier molecular flexibility index (Phi) is 6.48. The maximum atomic E-state index is 13.5. The van der Waals surface area contributed by atoms with Crippen molar-refractivity contribution in [1.29, 1.82) is 0 Å². The quantitative estimate of drug-likeness (QED) is 0.621. The molecule has 0 aliphatic heterocycles. The first-order valence-corrected chi connectivity index (χ1v) is 9.47. The Bertz CT molecular complexity index is 1150. The van der Waals surface area contributed by atoms with Gasteiger partial charge in [-0.3, -0.25) is 24.0 Å². The van der Waals surface area contributed by atoms with Crippen molar-refractivity contribution in [3.8, 4) is 0 Å². The van der Waals surface area contributed by atoms with E-state index in [1.807, 2.05) is 49.4 Å². The van der Waals surface area contributed by atoms with Gasteiger partial charge in [-0.05, 0) is 24.1 Å². The molecule has 1 heterocycles. The predicted octanol–water partition coefficient (Wildman–Crippen LogP) is 1.92. The average molecular weight is 408 g/mol. The minimum atomic E-state index is -0.718. The molecule has 8 heteroatoms. The molecule has 3 aromatic rings. The van der Waals surface area contributed by atoms with Crippen molar-refractivity contribution in [3.05, 3.63) is 92.1 Å². The van der Waals surface area contributed by atoms with Gasteiger partial charge in [0.05, 0.1) is 19.7 Å². The van der Waals surface area contributed by atoms with Gasteiger partial charge in [0.1, 0.15) is 5.82 Å². The predicted molar refractivity (Wildman–Crippen MR) is 116 cm³/mol. The molecule has 0 bridgehead atoms. The zero-order chi connectivity index (χ0) is 21.7. The number of amides is 1. The van der Waals surface area contributed by atoms with Gasteiger partial charge in [-0.25, -0.2) is 4.79 Å². The number of anilines is 2. The number of benzene rings is 2. The molecule has 30 heavy (non-hydrogen) atoms. The third kappa shape index (κ3) is 4.33. The number of carbonyl (C=O) groups excluding carboxylic acids is 1. The molecule has 2 aromatic carbocycles. The highest BCUT2D eigenvalue weighted by Gasteiger charge is 2.26. The fourth-order valence-electron chi connectivity index (χ4n) is 3.22. The number of aromatic nitrogens is 2. The summed E-state index contributed by atoms with van der Waals surface area (Å²) in [4.78, 5) is 42.1. The molecule has 0 atom stereocenters. The van der Waals surface area contributed by atoms with Crippen LogP contribution >= 0.6 is 0 Å². The molecular weight excluding hydrogens is 384 g/mol. The molecule has 0 fully saturated rings.